The van der Waals surface area contributed by atoms with Gasteiger partial charge in [-0.3, -0.25) is 0 Å². The number of carbonyl (C=O) groups is 1. The van der Waals surface area contributed by atoms with Crippen molar-refractivity contribution < 1.29 is 4.79 Å². The van der Waals surface area contributed by atoms with Crippen molar-refractivity contribution in [3.8, 4) is 12.3 Å². The number of terminal acetylenes is 1. The maximum atomic E-state index is 11.3. The van der Waals surface area contributed by atoms with Crippen molar-refractivity contribution in [1.82, 2.24) is 9.88 Å². The predicted molar refractivity (Wildman–Crippen MR) is 73.7 cm³/mol. The van der Waals surface area contributed by atoms with Crippen LogP contribution in [0.4, 0.5) is 4.79 Å². The fourth-order valence-corrected chi connectivity index (χ4v) is 2.82. The SMILES string of the molecule is C#CCn1/c(=N\C(=O)NC)sc2cc(Cl)ccc21. The number of benzene rings is 1. The second kappa shape index (κ2) is 5.25. The number of fused-ring (bicyclic) bond motifs is 1. The van der Waals surface area contributed by atoms with Gasteiger partial charge in [0.15, 0.2) is 4.80 Å². The number of rotatable bonds is 1. The minimum Gasteiger partial charge on any atom is -0.339 e. The number of urea groups is 1. The Morgan fingerprint density at radius 2 is 2.44 bits per heavy atom. The fraction of sp³-hybridized carbons (Fsp3) is 0.167. The molecule has 6 heteroatoms. The highest BCUT2D eigenvalue weighted by Crippen LogP contribution is 2.21. The smallest absolute Gasteiger partial charge is 0.339 e. The van der Waals surface area contributed by atoms with Gasteiger partial charge in [-0.2, -0.15) is 4.99 Å². The molecule has 0 aliphatic heterocycles. The van der Waals surface area contributed by atoms with Crippen molar-refractivity contribution in [2.45, 2.75) is 6.54 Å². The third kappa shape index (κ3) is 2.40. The van der Waals surface area contributed by atoms with Crippen molar-refractivity contribution in [1.29, 1.82) is 0 Å². The Balaban J connectivity index is 2.73. The number of halogens is 1. The summed E-state index contributed by atoms with van der Waals surface area (Å²) in [7, 11) is 1.53. The molecule has 1 heterocycles. The lowest BCUT2D eigenvalue weighted by molar-refractivity contribution is 0.250. The minimum absolute atomic E-state index is 0.359. The zero-order valence-electron chi connectivity index (χ0n) is 9.61. The average molecular weight is 280 g/mol. The molecule has 0 radical (unpaired) electrons. The van der Waals surface area contributed by atoms with Crippen LogP contribution in [0.2, 0.25) is 5.02 Å². The summed E-state index contributed by atoms with van der Waals surface area (Å²) in [5.41, 5.74) is 0.921. The number of nitrogens with zero attached hydrogens (tertiary/aromatic N) is 2. The van der Waals surface area contributed by atoms with E-state index in [1.807, 2.05) is 16.7 Å². The third-order valence-corrected chi connectivity index (χ3v) is 3.58. The first-order valence-corrected chi connectivity index (χ1v) is 6.34. The minimum atomic E-state index is -0.404. The van der Waals surface area contributed by atoms with Gasteiger partial charge in [0.25, 0.3) is 0 Å². The van der Waals surface area contributed by atoms with Gasteiger partial charge in [0, 0.05) is 12.1 Å². The van der Waals surface area contributed by atoms with E-state index in [1.165, 1.54) is 18.4 Å². The standard InChI is InChI=1S/C12H10ClN3OS/c1-3-6-16-9-5-4-8(13)7-10(9)18-12(16)15-11(17)14-2/h1,4-5,7H,6H2,2H3,(H,14,17)/b15-12+. The summed E-state index contributed by atoms with van der Waals surface area (Å²) >= 11 is 7.31. The van der Waals surface area contributed by atoms with E-state index in [-0.39, 0.29) is 0 Å². The highest BCUT2D eigenvalue weighted by Gasteiger charge is 2.06. The highest BCUT2D eigenvalue weighted by atomic mass is 35.5. The molecule has 0 atom stereocenters. The largest absolute Gasteiger partial charge is 0.343 e. The first kappa shape index (κ1) is 12.7. The van der Waals surface area contributed by atoms with Crippen LogP contribution < -0.4 is 10.1 Å². The lowest BCUT2D eigenvalue weighted by Gasteiger charge is -1.99. The molecule has 1 aromatic carbocycles. The van der Waals surface area contributed by atoms with Crippen molar-refractivity contribution in [2.24, 2.45) is 4.99 Å². The van der Waals surface area contributed by atoms with Crippen LogP contribution in [-0.4, -0.2) is 17.6 Å². The summed E-state index contributed by atoms with van der Waals surface area (Å²) in [6.45, 7) is 0.359. The first-order valence-electron chi connectivity index (χ1n) is 5.14. The van der Waals surface area contributed by atoms with E-state index in [9.17, 15) is 4.79 Å². The Morgan fingerprint density at radius 1 is 1.67 bits per heavy atom. The lowest BCUT2D eigenvalue weighted by Crippen LogP contribution is -2.21. The molecule has 2 aromatic rings. The van der Waals surface area contributed by atoms with E-state index in [2.05, 4.69) is 16.2 Å². The molecule has 0 aliphatic rings. The van der Waals surface area contributed by atoms with Gasteiger partial charge in [0.2, 0.25) is 0 Å². The van der Waals surface area contributed by atoms with Crippen molar-refractivity contribution >= 4 is 39.2 Å². The number of hydrogen-bond donors (Lipinski definition) is 1. The molecule has 0 saturated carbocycles. The molecule has 0 unspecified atom stereocenters. The Labute approximate surface area is 113 Å². The third-order valence-electron chi connectivity index (χ3n) is 2.31. The zero-order valence-corrected chi connectivity index (χ0v) is 11.2. The van der Waals surface area contributed by atoms with E-state index >= 15 is 0 Å². The first-order chi connectivity index (χ1) is 8.65. The van der Waals surface area contributed by atoms with E-state index in [0.29, 0.717) is 16.4 Å². The van der Waals surface area contributed by atoms with Gasteiger partial charge in [-0.25, -0.2) is 4.79 Å². The molecular formula is C12H10ClN3OS. The molecule has 92 valence electrons. The van der Waals surface area contributed by atoms with Gasteiger partial charge < -0.3 is 9.88 Å². The number of thiazole rings is 1. The molecule has 2 rings (SSSR count). The van der Waals surface area contributed by atoms with Gasteiger partial charge >= 0.3 is 6.03 Å². The number of carbonyl (C=O) groups excluding carboxylic acids is 1. The van der Waals surface area contributed by atoms with Gasteiger partial charge in [-0.05, 0) is 18.2 Å². The normalized spacial score (nSPS) is 11.5. The molecule has 4 nitrogen and oxygen atoms in total. The summed E-state index contributed by atoms with van der Waals surface area (Å²) in [6.07, 6.45) is 5.34. The quantitative estimate of drug-likeness (QED) is 0.800. The van der Waals surface area contributed by atoms with Gasteiger partial charge in [-0.15, -0.1) is 6.42 Å². The van der Waals surface area contributed by atoms with Crippen LogP contribution in [0, 0.1) is 12.3 Å². The maximum Gasteiger partial charge on any atom is 0.343 e. The average Bonchev–Trinajstić information content (AvgIpc) is 2.67. The summed E-state index contributed by atoms with van der Waals surface area (Å²) in [5, 5.41) is 3.09. The molecule has 2 amide bonds. The molecule has 18 heavy (non-hydrogen) atoms. The summed E-state index contributed by atoms with van der Waals surface area (Å²) in [6, 6.07) is 5.08. The van der Waals surface area contributed by atoms with Gasteiger partial charge in [0.05, 0.1) is 16.8 Å². The molecule has 0 fully saturated rings. The Bertz CT molecular complexity index is 708. The van der Waals surface area contributed by atoms with Crippen LogP contribution in [0.3, 0.4) is 0 Å². The number of nitrogens with one attached hydrogen (secondary N) is 1. The van der Waals surface area contributed by atoms with E-state index in [4.69, 9.17) is 18.0 Å². The van der Waals surface area contributed by atoms with Crippen LogP contribution in [-0.2, 0) is 6.54 Å². The van der Waals surface area contributed by atoms with Gasteiger partial charge in [0.1, 0.15) is 0 Å². The topological polar surface area (TPSA) is 46.4 Å². The van der Waals surface area contributed by atoms with E-state index in [1.54, 1.807) is 6.07 Å². The molecule has 1 aromatic heterocycles. The second-order valence-electron chi connectivity index (χ2n) is 3.45. The number of hydrogen-bond acceptors (Lipinski definition) is 2. The molecule has 1 N–H and O–H groups in total. The Morgan fingerprint density at radius 3 is 3.11 bits per heavy atom. The molecule has 0 spiro atoms. The maximum absolute atomic E-state index is 11.3. The Hall–Kier alpha value is -1.77. The zero-order chi connectivity index (χ0) is 13.1. The van der Waals surface area contributed by atoms with Crippen LogP contribution in [0.15, 0.2) is 23.2 Å². The van der Waals surface area contributed by atoms with Crippen molar-refractivity contribution in [2.75, 3.05) is 7.05 Å². The summed E-state index contributed by atoms with van der Waals surface area (Å²) in [5.74, 6) is 2.55. The highest BCUT2D eigenvalue weighted by molar-refractivity contribution is 7.16. The Kier molecular flexibility index (Phi) is 3.70. The van der Waals surface area contributed by atoms with Crippen LogP contribution in [0.1, 0.15) is 0 Å². The second-order valence-corrected chi connectivity index (χ2v) is 4.90. The van der Waals surface area contributed by atoms with Crippen LogP contribution in [0.5, 0.6) is 0 Å². The summed E-state index contributed by atoms with van der Waals surface area (Å²) in [4.78, 5) is 15.8. The fourth-order valence-electron chi connectivity index (χ4n) is 1.52. The predicted octanol–water partition coefficient (Wildman–Crippen LogP) is 2.23. The molecule has 0 saturated heterocycles. The molecular weight excluding hydrogens is 270 g/mol. The van der Waals surface area contributed by atoms with Crippen LogP contribution >= 0.6 is 22.9 Å². The molecule has 0 aliphatic carbocycles. The van der Waals surface area contributed by atoms with E-state index < -0.39 is 6.03 Å². The lowest BCUT2D eigenvalue weighted by atomic mass is 10.3. The summed E-state index contributed by atoms with van der Waals surface area (Å²) < 4.78 is 2.76. The number of amides is 2. The van der Waals surface area contributed by atoms with Gasteiger partial charge in [-0.1, -0.05) is 28.9 Å². The van der Waals surface area contributed by atoms with Crippen LogP contribution in [0.25, 0.3) is 10.2 Å². The number of aromatic nitrogens is 1. The van der Waals surface area contributed by atoms with Crippen molar-refractivity contribution in [3.05, 3.63) is 28.0 Å². The van der Waals surface area contributed by atoms with E-state index in [0.717, 1.165) is 10.2 Å². The molecule has 0 bridgehead atoms. The monoisotopic (exact) mass is 279 g/mol. The van der Waals surface area contributed by atoms with Crippen molar-refractivity contribution in [3.63, 3.8) is 0 Å².